The van der Waals surface area contributed by atoms with Crippen molar-refractivity contribution in [2.75, 3.05) is 0 Å². The fraction of sp³-hybridized carbons (Fsp3) is 0.400. The lowest BCUT2D eigenvalue weighted by atomic mass is 9.99. The third-order valence-corrected chi connectivity index (χ3v) is 0.875. The van der Waals surface area contributed by atoms with E-state index in [1.807, 2.05) is 0 Å². The molecule has 0 heterocycles. The summed E-state index contributed by atoms with van der Waals surface area (Å²) in [6.07, 6.45) is -3.72. The molecule has 0 aromatic heterocycles. The van der Waals surface area contributed by atoms with Crippen molar-refractivity contribution in [3.05, 3.63) is 35.8 Å². The van der Waals surface area contributed by atoms with Crippen LogP contribution in [-0.4, -0.2) is 0 Å². The van der Waals surface area contributed by atoms with Gasteiger partial charge in [0.05, 0.1) is 6.85 Å². The molecule has 54 valence electrons. The minimum atomic E-state index is -3.72. The highest BCUT2D eigenvalue weighted by Gasteiger charge is 1.98. The van der Waals surface area contributed by atoms with Gasteiger partial charge in [-0.05, 0) is 17.8 Å². The molecule has 0 saturated heterocycles. The number of hydrogen-bond acceptors (Lipinski definition) is 0. The van der Waals surface area contributed by atoms with Gasteiger partial charge in [-0.2, -0.15) is 0 Å². The van der Waals surface area contributed by atoms with Gasteiger partial charge >= 0.3 is 0 Å². The van der Waals surface area contributed by atoms with Gasteiger partial charge in [0.25, 0.3) is 0 Å². The molecule has 0 spiro atoms. The van der Waals surface area contributed by atoms with Crippen LogP contribution >= 0.6 is 0 Å². The first kappa shape index (κ1) is 1.16. The van der Waals surface area contributed by atoms with E-state index >= 15 is 0 Å². The van der Waals surface area contributed by atoms with Crippen molar-refractivity contribution in [1.29, 1.82) is 0 Å². The van der Waals surface area contributed by atoms with E-state index in [4.69, 9.17) is 19.2 Å². The zero-order valence-corrected chi connectivity index (χ0v) is 5.00. The second kappa shape index (κ2) is 3.40. The summed E-state index contributed by atoms with van der Waals surface area (Å²) in [6, 6.07) is -5.07. The summed E-state index contributed by atoms with van der Waals surface area (Å²) < 4.78 is 106. The Morgan fingerprint density at radius 1 is 1.70 bits per heavy atom. The molecular formula is C10H14. The molecule has 1 unspecified atom stereocenters. The predicted octanol–water partition coefficient (Wildman–Crippen LogP) is 3.20. The normalized spacial score (nSPS) is 40.4. The molecule has 1 aromatic carbocycles. The Morgan fingerprint density at radius 3 is 3.10 bits per heavy atom. The molecule has 0 heteroatoms. The molecule has 0 saturated carbocycles. The van der Waals surface area contributed by atoms with E-state index in [1.165, 1.54) is 0 Å². The lowest BCUT2D eigenvalue weighted by molar-refractivity contribution is 0.733. The van der Waals surface area contributed by atoms with Gasteiger partial charge < -0.3 is 0 Å². The average Bonchev–Trinajstić information content (AvgIpc) is 2.40. The molecule has 0 amide bonds. The van der Waals surface area contributed by atoms with Gasteiger partial charge in [0.2, 0.25) is 0 Å². The third kappa shape index (κ3) is 1.60. The van der Waals surface area contributed by atoms with Crippen LogP contribution in [0.15, 0.2) is 30.2 Å². The highest BCUT2D eigenvalue weighted by Crippen LogP contribution is 2.16. The highest BCUT2D eigenvalue weighted by atomic mass is 14.0. The van der Waals surface area contributed by atoms with Crippen molar-refractivity contribution in [2.45, 2.75) is 26.0 Å². The molecular weight excluding hydrogens is 120 g/mol. The van der Waals surface area contributed by atoms with E-state index in [2.05, 4.69) is 0 Å². The van der Waals surface area contributed by atoms with E-state index in [9.17, 15) is 0 Å². The first-order valence-electron chi connectivity index (χ1n) is 9.50. The number of hydrogen-bond donors (Lipinski definition) is 0. The topological polar surface area (TPSA) is 0 Å². The molecule has 10 heavy (non-hydrogen) atoms. The molecule has 1 aromatic rings. The van der Waals surface area contributed by atoms with Crippen LogP contribution in [0.5, 0.6) is 0 Å². The Kier molecular flexibility index (Phi) is 0.393. The van der Waals surface area contributed by atoms with Gasteiger partial charge in [0.1, 0.15) is 0 Å². The summed E-state index contributed by atoms with van der Waals surface area (Å²) in [5, 5.41) is 0. The van der Waals surface area contributed by atoms with Crippen molar-refractivity contribution < 1.29 is 19.2 Å². The second-order valence-electron chi connectivity index (χ2n) is 1.50. The molecule has 0 aliphatic heterocycles. The lowest BCUT2D eigenvalue weighted by Crippen LogP contribution is -1.88. The molecule has 0 aliphatic carbocycles. The van der Waals surface area contributed by atoms with Crippen molar-refractivity contribution in [3.63, 3.8) is 0 Å². The van der Waals surface area contributed by atoms with E-state index in [-0.39, 0.29) is 0 Å². The van der Waals surface area contributed by atoms with Gasteiger partial charge in [0, 0.05) is 12.3 Å². The van der Waals surface area contributed by atoms with Crippen molar-refractivity contribution >= 4 is 0 Å². The van der Waals surface area contributed by atoms with Crippen molar-refractivity contribution in [1.82, 2.24) is 0 Å². The molecule has 1 atom stereocenters. The van der Waals surface area contributed by atoms with Gasteiger partial charge in [-0.1, -0.05) is 43.9 Å². The molecule has 0 aliphatic rings. The van der Waals surface area contributed by atoms with Crippen LogP contribution in [0, 0.1) is 0 Å². The standard InChI is InChI=1S/C10H14/c1-3-9(2)10-7-5-4-6-8-10/h4-9H,3H2,1-2H3/i1D3,2D3,3D2,4D,5D,6D,7D,8D,9D. The van der Waals surface area contributed by atoms with Gasteiger partial charge in [-0.3, -0.25) is 0 Å². The van der Waals surface area contributed by atoms with Gasteiger partial charge in [-0.25, -0.2) is 0 Å². The molecule has 0 nitrogen and oxygen atoms in total. The smallest absolute Gasteiger partial charge is 0.0626 e. The maximum Gasteiger partial charge on any atom is 0.0626 e. The predicted molar refractivity (Wildman–Crippen MR) is 45.1 cm³/mol. The van der Waals surface area contributed by atoms with Crippen LogP contribution in [0.4, 0.5) is 0 Å². The SMILES string of the molecule is [2H]c1c([2H])c([2H])c(C([2H])(C([2H])([2H])[2H])C([2H])([2H])C([2H])([2H])[2H])c([2H])c1[2H]. The van der Waals surface area contributed by atoms with Crippen molar-refractivity contribution in [2.24, 2.45) is 0 Å². The van der Waals surface area contributed by atoms with Crippen LogP contribution in [0.2, 0.25) is 0 Å². The first-order valence-corrected chi connectivity index (χ1v) is 2.50. The minimum absolute atomic E-state index is 0.865. The van der Waals surface area contributed by atoms with Crippen molar-refractivity contribution in [3.8, 4) is 0 Å². The summed E-state index contributed by atoms with van der Waals surface area (Å²) >= 11 is 0. The summed E-state index contributed by atoms with van der Waals surface area (Å²) in [7, 11) is 0. The first-order chi connectivity index (χ1) is 10.4. The van der Waals surface area contributed by atoms with E-state index in [0.717, 1.165) is 0 Å². The Hall–Kier alpha value is -0.780. The molecule has 0 fully saturated rings. The third-order valence-electron chi connectivity index (χ3n) is 0.875. The number of benzene rings is 1. The van der Waals surface area contributed by atoms with E-state index < -0.39 is 61.7 Å². The lowest BCUT2D eigenvalue weighted by Gasteiger charge is -2.06. The van der Waals surface area contributed by atoms with Gasteiger partial charge in [0.15, 0.2) is 0 Å². The maximum absolute atomic E-state index is 8.15. The Balaban J connectivity index is 4.08. The van der Waals surface area contributed by atoms with Crippen LogP contribution in [0.3, 0.4) is 0 Å². The van der Waals surface area contributed by atoms with Crippen LogP contribution in [-0.2, 0) is 0 Å². The summed E-state index contributed by atoms with van der Waals surface area (Å²) in [6.45, 7) is -7.22. The fourth-order valence-corrected chi connectivity index (χ4v) is 0.438. The number of rotatable bonds is 2. The van der Waals surface area contributed by atoms with E-state index in [0.29, 0.717) is 0 Å². The average molecular weight is 148 g/mol. The highest BCUT2D eigenvalue weighted by molar-refractivity contribution is 5.18. The Morgan fingerprint density at radius 2 is 2.50 bits per heavy atom. The minimum Gasteiger partial charge on any atom is -0.0648 e. The maximum atomic E-state index is 8.15. The monoisotopic (exact) mass is 148 g/mol. The Bertz CT molecular complexity index is 624. The zero-order valence-electron chi connectivity index (χ0n) is 19.0. The zero-order chi connectivity index (χ0) is 19.5. The van der Waals surface area contributed by atoms with Crippen LogP contribution < -0.4 is 0 Å². The fourth-order valence-electron chi connectivity index (χ4n) is 0.438. The molecule has 0 N–H and O–H groups in total. The van der Waals surface area contributed by atoms with Crippen LogP contribution in [0.1, 0.15) is 50.7 Å². The second-order valence-corrected chi connectivity index (χ2v) is 1.50. The van der Waals surface area contributed by atoms with Gasteiger partial charge in [-0.15, -0.1) is 0 Å². The summed E-state index contributed by atoms with van der Waals surface area (Å²) in [5.74, 6) is -3.61. The van der Waals surface area contributed by atoms with Crippen LogP contribution in [0.25, 0.3) is 0 Å². The summed E-state index contributed by atoms with van der Waals surface area (Å²) in [4.78, 5) is 0. The molecule has 0 bridgehead atoms. The quantitative estimate of drug-likeness (QED) is 0.604. The summed E-state index contributed by atoms with van der Waals surface area (Å²) in [5.41, 5.74) is -1.21. The molecule has 0 radical (unpaired) electrons. The Labute approximate surface area is 82.6 Å². The largest absolute Gasteiger partial charge is 0.0648 e. The molecule has 1 rings (SSSR count). The van der Waals surface area contributed by atoms with E-state index in [1.54, 1.807) is 0 Å².